The molecule has 0 radical (unpaired) electrons. The van der Waals surface area contributed by atoms with Crippen molar-refractivity contribution < 1.29 is 22.0 Å². The minimum Gasteiger partial charge on any atom is -0.456 e. The molecule has 0 spiro atoms. The molecule has 0 N–H and O–H groups in total. The van der Waals surface area contributed by atoms with E-state index in [-0.39, 0.29) is 28.0 Å². The Labute approximate surface area is 418 Å². The van der Waals surface area contributed by atoms with Crippen LogP contribution in [-0.4, -0.2) is 24.1 Å². The predicted molar refractivity (Wildman–Crippen MR) is 290 cm³/mol. The minimum atomic E-state index is -4.88. The monoisotopic (exact) mass is 963 g/mol. The molecule has 0 bridgehead atoms. The number of para-hydroxylation sites is 4. The molecule has 10 aromatic carbocycles. The molecule has 0 atom stereocenters. The number of hydrogen-bond acceptors (Lipinski definition) is 5. The van der Waals surface area contributed by atoms with Gasteiger partial charge in [0.15, 0.2) is 17.5 Å². The van der Waals surface area contributed by atoms with E-state index in [2.05, 4.69) is 47.0 Å². The zero-order valence-electron chi connectivity index (χ0n) is 39.0. The molecule has 0 amide bonds. The van der Waals surface area contributed by atoms with Crippen LogP contribution in [0, 0.1) is 0 Å². The van der Waals surface area contributed by atoms with Crippen molar-refractivity contribution in [1.29, 1.82) is 0 Å². The van der Waals surface area contributed by atoms with Gasteiger partial charge in [0.2, 0.25) is 0 Å². The molecule has 15 aromatic rings. The highest BCUT2D eigenvalue weighted by Gasteiger charge is 2.39. The van der Waals surface area contributed by atoms with Crippen LogP contribution in [0.25, 0.3) is 144 Å². The van der Waals surface area contributed by atoms with Gasteiger partial charge in [-0.15, -0.1) is 0 Å². The topological polar surface area (TPSA) is 74.8 Å². The van der Waals surface area contributed by atoms with Gasteiger partial charge in [-0.1, -0.05) is 146 Å². The molecule has 7 nitrogen and oxygen atoms in total. The first-order valence-corrected chi connectivity index (χ1v) is 24.2. The van der Waals surface area contributed by atoms with Crippen LogP contribution in [0.4, 0.5) is 13.2 Å². The first kappa shape index (κ1) is 41.9. The summed E-state index contributed by atoms with van der Waals surface area (Å²) in [5.74, 6) is 0.671. The molecule has 0 aliphatic heterocycles. The molecule has 0 aliphatic carbocycles. The summed E-state index contributed by atoms with van der Waals surface area (Å²) in [6.07, 6.45) is -4.88. The first-order chi connectivity index (χ1) is 36.3. The van der Waals surface area contributed by atoms with Crippen LogP contribution in [0.5, 0.6) is 0 Å². The van der Waals surface area contributed by atoms with E-state index in [1.807, 2.05) is 164 Å². The lowest BCUT2D eigenvalue weighted by Crippen LogP contribution is -2.12. The Bertz CT molecular complexity index is 4710. The highest BCUT2D eigenvalue weighted by molar-refractivity contribution is 6.30. The number of fused-ring (bicyclic) bond motifs is 13. The Morgan fingerprint density at radius 3 is 1.54 bits per heavy atom. The van der Waals surface area contributed by atoms with Crippen molar-refractivity contribution in [3.8, 4) is 56.7 Å². The maximum absolute atomic E-state index is 16.7. The second-order valence-electron chi connectivity index (χ2n) is 18.6. The average molecular weight is 964 g/mol. The fourth-order valence-corrected chi connectivity index (χ4v) is 11.2. The molecule has 10 heteroatoms. The number of benzene rings is 10. The number of furan rings is 2. The van der Waals surface area contributed by atoms with E-state index in [0.717, 1.165) is 77.4 Å². The molecule has 0 unspecified atom stereocenters. The van der Waals surface area contributed by atoms with Crippen molar-refractivity contribution in [2.75, 3.05) is 0 Å². The highest BCUT2D eigenvalue weighted by Crippen LogP contribution is 2.50. The van der Waals surface area contributed by atoms with Crippen LogP contribution in [0.1, 0.15) is 5.56 Å². The lowest BCUT2D eigenvalue weighted by atomic mass is 9.99. The molecule has 5 aromatic heterocycles. The number of nitrogens with zero attached hydrogens (tertiary/aromatic N) is 5. The van der Waals surface area contributed by atoms with E-state index in [1.54, 1.807) is 10.6 Å². The van der Waals surface area contributed by atoms with Crippen LogP contribution in [0.2, 0.25) is 0 Å². The molecule has 350 valence electrons. The van der Waals surface area contributed by atoms with Crippen molar-refractivity contribution in [3.05, 3.63) is 224 Å². The van der Waals surface area contributed by atoms with E-state index < -0.39 is 11.7 Å². The summed E-state index contributed by atoms with van der Waals surface area (Å²) in [4.78, 5) is 14.7. The Balaban J connectivity index is 1.08. The molecule has 74 heavy (non-hydrogen) atoms. The first-order valence-electron chi connectivity index (χ1n) is 24.2. The normalized spacial score (nSPS) is 12.3. The second-order valence-corrected chi connectivity index (χ2v) is 18.6. The van der Waals surface area contributed by atoms with Gasteiger partial charge in [-0.3, -0.25) is 0 Å². The third-order valence-corrected chi connectivity index (χ3v) is 14.4. The summed E-state index contributed by atoms with van der Waals surface area (Å²) in [7, 11) is 0. The van der Waals surface area contributed by atoms with E-state index >= 15 is 13.2 Å². The van der Waals surface area contributed by atoms with Gasteiger partial charge in [-0.2, -0.15) is 13.2 Å². The van der Waals surface area contributed by atoms with E-state index in [0.29, 0.717) is 44.8 Å². The summed E-state index contributed by atoms with van der Waals surface area (Å²) in [6.45, 7) is 0. The Morgan fingerprint density at radius 1 is 0.351 bits per heavy atom. The minimum absolute atomic E-state index is 0.0449. The van der Waals surface area contributed by atoms with Crippen LogP contribution in [0.15, 0.2) is 227 Å². The quantitative estimate of drug-likeness (QED) is 0.166. The Kier molecular flexibility index (Phi) is 8.98. The third-order valence-electron chi connectivity index (χ3n) is 14.4. The SMILES string of the molecule is FC(F)(F)c1cc(-c2nc(-c3ccccc3)nc(-c3ccccc3)n2)c2oc3ccccc3c2c1-n1c2ccc(-c3ccc4oc5ccccc5c4c3)cc2c2c3c4ccccc4n(-c4ccccc4)c3ccc21. The number of rotatable bonds is 6. The van der Waals surface area contributed by atoms with Gasteiger partial charge < -0.3 is 18.0 Å². The molecule has 5 heterocycles. The van der Waals surface area contributed by atoms with Crippen LogP contribution in [0.3, 0.4) is 0 Å². The van der Waals surface area contributed by atoms with Gasteiger partial charge in [0.25, 0.3) is 0 Å². The van der Waals surface area contributed by atoms with E-state index in [4.69, 9.17) is 23.8 Å². The smallest absolute Gasteiger partial charge is 0.418 e. The van der Waals surface area contributed by atoms with Gasteiger partial charge in [-0.25, -0.2) is 15.0 Å². The summed E-state index contributed by atoms with van der Waals surface area (Å²) in [6, 6.07) is 69.7. The zero-order valence-corrected chi connectivity index (χ0v) is 39.0. The fourth-order valence-electron chi connectivity index (χ4n) is 11.2. The summed E-state index contributed by atoms with van der Waals surface area (Å²) < 4.78 is 67.1. The maximum atomic E-state index is 16.7. The molecule has 0 saturated carbocycles. The highest BCUT2D eigenvalue weighted by atomic mass is 19.4. The molecule has 0 saturated heterocycles. The van der Waals surface area contributed by atoms with Crippen LogP contribution in [-0.2, 0) is 6.18 Å². The molecule has 0 aliphatic rings. The summed E-state index contributed by atoms with van der Waals surface area (Å²) >= 11 is 0. The second kappa shape index (κ2) is 15.9. The Hall–Kier alpha value is -9.80. The summed E-state index contributed by atoms with van der Waals surface area (Å²) in [5.41, 5.74) is 8.61. The maximum Gasteiger partial charge on any atom is 0.418 e. The van der Waals surface area contributed by atoms with Gasteiger partial charge in [0, 0.05) is 54.5 Å². The van der Waals surface area contributed by atoms with Crippen molar-refractivity contribution in [3.63, 3.8) is 0 Å². The number of aromatic nitrogens is 5. The largest absolute Gasteiger partial charge is 0.456 e. The lowest BCUT2D eigenvalue weighted by Gasteiger charge is -2.19. The van der Waals surface area contributed by atoms with Crippen molar-refractivity contribution >= 4 is 87.5 Å². The van der Waals surface area contributed by atoms with Gasteiger partial charge >= 0.3 is 6.18 Å². The standard InChI is InChI=1S/C64H36F3N5O2/c65-64(66,67)48-36-47(63-69-61(37-16-4-1-5-17-37)68-62(70-63)38-18-6-2-7-19-38)60-58(44-24-12-15-27-54(44)74-60)59(48)72-50-30-28-39(40-29-33-55-45(34-40)42-22-11-14-26-53(42)73-55)35-46(50)57-52(72)32-31-51-56(57)43-23-10-13-25-49(43)71(51)41-20-8-3-9-21-41/h1-36H. The van der Waals surface area contributed by atoms with E-state index in [1.165, 1.54) is 0 Å². The molecule has 15 rings (SSSR count). The van der Waals surface area contributed by atoms with Gasteiger partial charge in [0.1, 0.15) is 22.3 Å². The third kappa shape index (κ3) is 6.31. The lowest BCUT2D eigenvalue weighted by molar-refractivity contribution is -0.137. The number of hydrogen-bond donors (Lipinski definition) is 0. The summed E-state index contributed by atoms with van der Waals surface area (Å²) in [5, 5.41) is 6.26. The Morgan fingerprint density at radius 2 is 0.851 bits per heavy atom. The van der Waals surface area contributed by atoms with Crippen molar-refractivity contribution in [1.82, 2.24) is 24.1 Å². The predicted octanol–water partition coefficient (Wildman–Crippen LogP) is 17.6. The average Bonchev–Trinajstić information content (AvgIpc) is 4.20. The van der Waals surface area contributed by atoms with Crippen molar-refractivity contribution in [2.24, 2.45) is 0 Å². The van der Waals surface area contributed by atoms with Gasteiger partial charge in [0.05, 0.1) is 44.3 Å². The van der Waals surface area contributed by atoms with Gasteiger partial charge in [-0.05, 0) is 83.9 Å². The number of halogens is 3. The molecular weight excluding hydrogens is 928 g/mol. The zero-order chi connectivity index (χ0) is 49.2. The number of alkyl halides is 3. The van der Waals surface area contributed by atoms with Crippen molar-refractivity contribution in [2.45, 2.75) is 6.18 Å². The van der Waals surface area contributed by atoms with E-state index in [9.17, 15) is 0 Å². The van der Waals surface area contributed by atoms with Crippen LogP contribution >= 0.6 is 0 Å². The van der Waals surface area contributed by atoms with Crippen LogP contribution < -0.4 is 0 Å². The molecule has 0 fully saturated rings. The molecular formula is C64H36F3N5O2. The fraction of sp³-hybridized carbons (Fsp3) is 0.0156.